The number of rotatable bonds is 2. The van der Waals surface area contributed by atoms with E-state index in [2.05, 4.69) is 6.58 Å². The van der Waals surface area contributed by atoms with Crippen LogP contribution < -0.4 is 0 Å². The van der Waals surface area contributed by atoms with Gasteiger partial charge in [0.15, 0.2) is 5.79 Å². The first-order valence-electron chi connectivity index (χ1n) is 6.36. The van der Waals surface area contributed by atoms with Crippen LogP contribution in [0.4, 0.5) is 0 Å². The molecule has 3 heteroatoms. The Bertz CT molecular complexity index is 294. The van der Waals surface area contributed by atoms with Gasteiger partial charge < -0.3 is 14.6 Å². The third-order valence-electron chi connectivity index (χ3n) is 4.30. The Morgan fingerprint density at radius 3 is 2.62 bits per heavy atom. The molecule has 0 radical (unpaired) electrons. The lowest BCUT2D eigenvalue weighted by Gasteiger charge is -2.41. The van der Waals surface area contributed by atoms with Crippen LogP contribution in [0, 0.1) is 11.8 Å². The Kier molecular flexibility index (Phi) is 2.57. The molecule has 3 fully saturated rings. The Balaban J connectivity index is 1.77. The summed E-state index contributed by atoms with van der Waals surface area (Å²) >= 11 is 0. The second-order valence-corrected chi connectivity index (χ2v) is 5.32. The highest BCUT2D eigenvalue weighted by Gasteiger charge is 2.52. The zero-order chi connectivity index (χ0) is 11.2. The van der Waals surface area contributed by atoms with E-state index < -0.39 is 5.79 Å². The fraction of sp³-hybridized carbons (Fsp3) is 0.846. The van der Waals surface area contributed by atoms with E-state index in [1.165, 1.54) is 12.0 Å². The second-order valence-electron chi connectivity index (χ2n) is 5.32. The van der Waals surface area contributed by atoms with Crippen LogP contribution in [-0.2, 0) is 9.47 Å². The molecular formula is C13H20O3. The minimum atomic E-state index is -0.472. The van der Waals surface area contributed by atoms with Crippen molar-refractivity contribution >= 4 is 0 Å². The molecule has 1 aliphatic heterocycles. The summed E-state index contributed by atoms with van der Waals surface area (Å²) in [5.41, 5.74) is 1.19. The van der Waals surface area contributed by atoms with Crippen molar-refractivity contribution in [3.05, 3.63) is 12.2 Å². The average molecular weight is 224 g/mol. The summed E-state index contributed by atoms with van der Waals surface area (Å²) < 4.78 is 11.6. The summed E-state index contributed by atoms with van der Waals surface area (Å²) in [5, 5.41) is 10.4. The van der Waals surface area contributed by atoms with Gasteiger partial charge in [-0.05, 0) is 19.3 Å². The number of aliphatic hydroxyl groups excluding tert-OH is 1. The molecule has 3 rings (SSSR count). The average Bonchev–Trinajstić information content (AvgIpc) is 2.84. The zero-order valence-corrected chi connectivity index (χ0v) is 9.65. The summed E-state index contributed by atoms with van der Waals surface area (Å²) in [7, 11) is 0. The third-order valence-corrected chi connectivity index (χ3v) is 4.30. The topological polar surface area (TPSA) is 38.7 Å². The standard InChI is InChI=1S/C13H20O3/c1-9-8-10(9)12(14)11-4-2-3-5-13(11)15-6-7-16-13/h10-12,14H,1-8H2/t10-,11+,12-/m1/s1. The highest BCUT2D eigenvalue weighted by atomic mass is 16.7. The third kappa shape index (κ3) is 1.62. The summed E-state index contributed by atoms with van der Waals surface area (Å²) in [6, 6.07) is 0. The smallest absolute Gasteiger partial charge is 0.173 e. The van der Waals surface area contributed by atoms with Crippen LogP contribution in [-0.4, -0.2) is 30.2 Å². The molecular weight excluding hydrogens is 204 g/mol. The molecule has 0 bridgehead atoms. The summed E-state index contributed by atoms with van der Waals surface area (Å²) in [6.07, 6.45) is 4.95. The minimum absolute atomic E-state index is 0.146. The quantitative estimate of drug-likeness (QED) is 0.728. The van der Waals surface area contributed by atoms with E-state index in [1.54, 1.807) is 0 Å². The summed E-state index contributed by atoms with van der Waals surface area (Å²) in [4.78, 5) is 0. The van der Waals surface area contributed by atoms with Crippen LogP contribution in [0.2, 0.25) is 0 Å². The van der Waals surface area contributed by atoms with Crippen molar-refractivity contribution in [3.8, 4) is 0 Å². The molecule has 0 aromatic rings. The van der Waals surface area contributed by atoms with Crippen molar-refractivity contribution in [1.29, 1.82) is 0 Å². The maximum atomic E-state index is 10.4. The Labute approximate surface area is 96.4 Å². The van der Waals surface area contributed by atoms with E-state index in [9.17, 15) is 5.11 Å². The van der Waals surface area contributed by atoms with Crippen LogP contribution in [0.25, 0.3) is 0 Å². The van der Waals surface area contributed by atoms with Gasteiger partial charge in [0.25, 0.3) is 0 Å². The molecule has 3 aliphatic rings. The van der Waals surface area contributed by atoms with Crippen LogP contribution in [0.1, 0.15) is 32.1 Å². The first-order chi connectivity index (χ1) is 7.73. The van der Waals surface area contributed by atoms with Crippen LogP contribution in [0.3, 0.4) is 0 Å². The van der Waals surface area contributed by atoms with Crippen molar-refractivity contribution in [3.63, 3.8) is 0 Å². The molecule has 0 amide bonds. The largest absolute Gasteiger partial charge is 0.392 e. The molecule has 0 unspecified atom stereocenters. The lowest BCUT2D eigenvalue weighted by Crippen LogP contribution is -2.48. The first kappa shape index (κ1) is 10.8. The highest BCUT2D eigenvalue weighted by Crippen LogP contribution is 2.49. The molecule has 16 heavy (non-hydrogen) atoms. The molecule has 90 valence electrons. The van der Waals surface area contributed by atoms with Gasteiger partial charge in [0.2, 0.25) is 0 Å². The predicted molar refractivity (Wildman–Crippen MR) is 59.8 cm³/mol. The SMILES string of the molecule is C=C1C[C@H]1[C@@H](O)[C@@H]1CCCCC12OCCO2. The van der Waals surface area contributed by atoms with Crippen LogP contribution in [0.15, 0.2) is 12.2 Å². The maximum Gasteiger partial charge on any atom is 0.173 e. The molecule has 1 saturated heterocycles. The minimum Gasteiger partial charge on any atom is -0.392 e. The van der Waals surface area contributed by atoms with Gasteiger partial charge in [-0.25, -0.2) is 0 Å². The van der Waals surface area contributed by atoms with E-state index in [0.29, 0.717) is 19.1 Å². The monoisotopic (exact) mass is 224 g/mol. The van der Waals surface area contributed by atoms with E-state index in [1.807, 2.05) is 0 Å². The van der Waals surface area contributed by atoms with Gasteiger partial charge in [0.1, 0.15) is 0 Å². The van der Waals surface area contributed by atoms with Crippen molar-refractivity contribution in [2.24, 2.45) is 11.8 Å². The molecule has 0 aromatic heterocycles. The van der Waals surface area contributed by atoms with Gasteiger partial charge in [0.05, 0.1) is 19.3 Å². The normalized spacial score (nSPS) is 38.9. The van der Waals surface area contributed by atoms with E-state index in [4.69, 9.17) is 9.47 Å². The molecule has 0 aromatic carbocycles. The summed E-state index contributed by atoms with van der Waals surface area (Å²) in [6.45, 7) is 5.29. The number of hydrogen-bond acceptors (Lipinski definition) is 3. The van der Waals surface area contributed by atoms with E-state index >= 15 is 0 Å². The van der Waals surface area contributed by atoms with Gasteiger partial charge in [0, 0.05) is 18.3 Å². The van der Waals surface area contributed by atoms with Crippen LogP contribution >= 0.6 is 0 Å². The van der Waals surface area contributed by atoms with Gasteiger partial charge in [-0.3, -0.25) is 0 Å². The van der Waals surface area contributed by atoms with Crippen molar-refractivity contribution in [2.75, 3.05) is 13.2 Å². The van der Waals surface area contributed by atoms with Gasteiger partial charge in [-0.15, -0.1) is 0 Å². The fourth-order valence-electron chi connectivity index (χ4n) is 3.27. The second kappa shape index (κ2) is 3.83. The van der Waals surface area contributed by atoms with Crippen molar-refractivity contribution in [1.82, 2.24) is 0 Å². The summed E-state index contributed by atoms with van der Waals surface area (Å²) in [5.74, 6) is -0.0265. The predicted octanol–water partition coefficient (Wildman–Crippen LogP) is 1.86. The van der Waals surface area contributed by atoms with Gasteiger partial charge in [-0.2, -0.15) is 0 Å². The van der Waals surface area contributed by atoms with Crippen molar-refractivity contribution < 1.29 is 14.6 Å². The maximum absolute atomic E-state index is 10.4. The highest BCUT2D eigenvalue weighted by molar-refractivity contribution is 5.22. The van der Waals surface area contributed by atoms with E-state index in [0.717, 1.165) is 25.7 Å². The lowest BCUT2D eigenvalue weighted by atomic mass is 9.78. The van der Waals surface area contributed by atoms with Crippen LogP contribution in [0.5, 0.6) is 0 Å². The lowest BCUT2D eigenvalue weighted by molar-refractivity contribution is -0.234. The number of aliphatic hydroxyl groups is 1. The molecule has 2 saturated carbocycles. The zero-order valence-electron chi connectivity index (χ0n) is 9.65. The van der Waals surface area contributed by atoms with Gasteiger partial charge >= 0.3 is 0 Å². The molecule has 1 spiro atoms. The van der Waals surface area contributed by atoms with Gasteiger partial charge in [-0.1, -0.05) is 18.6 Å². The fourth-order valence-corrected chi connectivity index (χ4v) is 3.27. The number of ether oxygens (including phenoxy) is 2. The number of hydrogen-bond donors (Lipinski definition) is 1. The molecule has 1 N–H and O–H groups in total. The van der Waals surface area contributed by atoms with E-state index in [-0.39, 0.29) is 12.0 Å². The molecule has 1 heterocycles. The Hall–Kier alpha value is -0.380. The van der Waals surface area contributed by atoms with Crippen molar-refractivity contribution in [2.45, 2.75) is 44.0 Å². The first-order valence-corrected chi connectivity index (χ1v) is 6.36. The molecule has 3 atom stereocenters. The molecule has 2 aliphatic carbocycles. The Morgan fingerprint density at radius 2 is 2.00 bits per heavy atom. The molecule has 3 nitrogen and oxygen atoms in total. The Morgan fingerprint density at radius 1 is 1.31 bits per heavy atom.